The van der Waals surface area contributed by atoms with Crippen LogP contribution in [-0.4, -0.2) is 32.9 Å². The number of nitrogens with one attached hydrogen (secondary N) is 1. The summed E-state index contributed by atoms with van der Waals surface area (Å²) in [5, 5.41) is 11.8. The Morgan fingerprint density at radius 3 is 2.62 bits per heavy atom. The topological polar surface area (TPSA) is 73.2 Å². The highest BCUT2D eigenvalue weighted by Gasteiger charge is 2.23. The maximum Gasteiger partial charge on any atom is 0.243 e. The molecule has 21 heavy (non-hydrogen) atoms. The van der Waals surface area contributed by atoms with Gasteiger partial charge in [-0.05, 0) is 31.2 Å². The number of nitriles is 1. The Balaban J connectivity index is 3.13. The molecule has 1 aromatic rings. The van der Waals surface area contributed by atoms with Crippen LogP contribution in [0.2, 0.25) is 0 Å². The molecule has 0 heterocycles. The fourth-order valence-corrected chi connectivity index (χ4v) is 3.78. The predicted octanol–water partition coefficient (Wildman–Crippen LogP) is 2.28. The number of hydrogen-bond acceptors (Lipinski definition) is 4. The van der Waals surface area contributed by atoms with Crippen LogP contribution < -0.4 is 5.32 Å². The molecule has 0 aromatic heterocycles. The molecule has 1 N–H and O–H groups in total. The highest BCUT2D eigenvalue weighted by molar-refractivity contribution is 7.89. The summed E-state index contributed by atoms with van der Waals surface area (Å²) in [6.45, 7) is 4.41. The van der Waals surface area contributed by atoms with Crippen LogP contribution in [0.25, 0.3) is 0 Å². The molecule has 0 aliphatic carbocycles. The fourth-order valence-electron chi connectivity index (χ4n) is 2.27. The molecular formula is C15H23N3O2S. The van der Waals surface area contributed by atoms with Gasteiger partial charge < -0.3 is 5.32 Å². The quantitative estimate of drug-likeness (QED) is 0.799. The third kappa shape index (κ3) is 4.27. The van der Waals surface area contributed by atoms with E-state index in [4.69, 9.17) is 5.26 Å². The molecule has 1 rings (SSSR count). The first-order valence-electron chi connectivity index (χ1n) is 7.15. The van der Waals surface area contributed by atoms with Crippen LogP contribution in [0.1, 0.15) is 38.3 Å². The highest BCUT2D eigenvalue weighted by atomic mass is 32.2. The van der Waals surface area contributed by atoms with Crippen molar-refractivity contribution in [1.29, 1.82) is 5.26 Å². The molecule has 0 fully saturated rings. The van der Waals surface area contributed by atoms with Gasteiger partial charge in [0.05, 0.1) is 11.0 Å². The lowest BCUT2D eigenvalue weighted by molar-refractivity contribution is 0.434. The number of hydrogen-bond donors (Lipinski definition) is 1. The average Bonchev–Trinajstić information content (AvgIpc) is 2.49. The van der Waals surface area contributed by atoms with Gasteiger partial charge in [-0.2, -0.15) is 9.57 Å². The summed E-state index contributed by atoms with van der Waals surface area (Å²) in [6, 6.07) is 9.14. The Kier molecular flexibility index (Phi) is 6.82. The van der Waals surface area contributed by atoms with Crippen molar-refractivity contribution >= 4 is 10.0 Å². The molecule has 0 saturated heterocycles. The average molecular weight is 309 g/mol. The normalized spacial score (nSPS) is 13.1. The lowest BCUT2D eigenvalue weighted by Crippen LogP contribution is -2.32. The zero-order chi connectivity index (χ0) is 15.9. The monoisotopic (exact) mass is 309 g/mol. The van der Waals surface area contributed by atoms with Crippen LogP contribution in [0.3, 0.4) is 0 Å². The Hall–Kier alpha value is -1.42. The van der Waals surface area contributed by atoms with E-state index in [9.17, 15) is 8.42 Å². The molecule has 5 nitrogen and oxygen atoms in total. The fraction of sp³-hybridized carbons (Fsp3) is 0.533. The van der Waals surface area contributed by atoms with Crippen LogP contribution in [-0.2, 0) is 10.0 Å². The number of benzene rings is 1. The Morgan fingerprint density at radius 2 is 2.10 bits per heavy atom. The molecule has 1 atom stereocenters. The van der Waals surface area contributed by atoms with Crippen molar-refractivity contribution in [3.63, 3.8) is 0 Å². The molecule has 0 bridgehead atoms. The van der Waals surface area contributed by atoms with E-state index >= 15 is 0 Å². The second-order valence-corrected chi connectivity index (χ2v) is 6.66. The second kappa shape index (κ2) is 8.13. The van der Waals surface area contributed by atoms with Crippen LogP contribution in [0, 0.1) is 11.3 Å². The Labute approximate surface area is 127 Å². The minimum absolute atomic E-state index is 0.134. The van der Waals surface area contributed by atoms with Gasteiger partial charge in [0, 0.05) is 25.6 Å². The maximum absolute atomic E-state index is 12.6. The van der Waals surface area contributed by atoms with E-state index < -0.39 is 10.0 Å². The second-order valence-electron chi connectivity index (χ2n) is 4.73. The lowest BCUT2D eigenvalue weighted by Gasteiger charge is -2.21. The molecule has 1 aromatic carbocycles. The van der Waals surface area contributed by atoms with E-state index in [0.29, 0.717) is 6.54 Å². The zero-order valence-electron chi connectivity index (χ0n) is 12.8. The van der Waals surface area contributed by atoms with Gasteiger partial charge in [0.15, 0.2) is 0 Å². The summed E-state index contributed by atoms with van der Waals surface area (Å²) in [4.78, 5) is 0.286. The number of rotatable bonds is 8. The summed E-state index contributed by atoms with van der Waals surface area (Å²) in [5.74, 6) is 0. The summed E-state index contributed by atoms with van der Waals surface area (Å²) in [5.41, 5.74) is 0.956. The third-order valence-corrected chi connectivity index (χ3v) is 5.45. The van der Waals surface area contributed by atoms with Crippen molar-refractivity contribution in [2.75, 3.05) is 20.1 Å². The Bertz CT molecular complexity index is 589. The number of sulfonamides is 1. The van der Waals surface area contributed by atoms with Crippen molar-refractivity contribution in [2.24, 2.45) is 0 Å². The van der Waals surface area contributed by atoms with E-state index in [1.54, 1.807) is 25.1 Å². The van der Waals surface area contributed by atoms with Gasteiger partial charge in [0.25, 0.3) is 0 Å². The van der Waals surface area contributed by atoms with Crippen molar-refractivity contribution in [3.8, 4) is 6.07 Å². The van der Waals surface area contributed by atoms with E-state index in [0.717, 1.165) is 12.0 Å². The minimum atomic E-state index is -3.54. The molecule has 0 amide bonds. The molecule has 0 radical (unpaired) electrons. The Morgan fingerprint density at radius 1 is 1.38 bits per heavy atom. The molecule has 0 saturated carbocycles. The SMILES string of the molecule is CCC(NC)c1cccc(S(=O)(=O)N(CC)CCC#N)c1. The van der Waals surface area contributed by atoms with E-state index in [2.05, 4.69) is 5.32 Å². The predicted molar refractivity (Wildman–Crippen MR) is 83.2 cm³/mol. The third-order valence-electron chi connectivity index (χ3n) is 3.48. The van der Waals surface area contributed by atoms with Gasteiger partial charge in [0.2, 0.25) is 10.0 Å². The van der Waals surface area contributed by atoms with Crippen molar-refractivity contribution < 1.29 is 8.42 Å². The van der Waals surface area contributed by atoms with E-state index in [1.807, 2.05) is 26.1 Å². The molecular weight excluding hydrogens is 286 g/mol. The molecule has 1 unspecified atom stereocenters. The smallest absolute Gasteiger partial charge is 0.243 e. The van der Waals surface area contributed by atoms with Gasteiger partial charge in [-0.1, -0.05) is 26.0 Å². The first-order valence-corrected chi connectivity index (χ1v) is 8.59. The van der Waals surface area contributed by atoms with Crippen LogP contribution in [0.4, 0.5) is 0 Å². The van der Waals surface area contributed by atoms with Gasteiger partial charge >= 0.3 is 0 Å². The van der Waals surface area contributed by atoms with Crippen LogP contribution in [0.15, 0.2) is 29.2 Å². The first kappa shape index (κ1) is 17.6. The van der Waals surface area contributed by atoms with Crippen LogP contribution >= 0.6 is 0 Å². The largest absolute Gasteiger partial charge is 0.313 e. The van der Waals surface area contributed by atoms with Crippen LogP contribution in [0.5, 0.6) is 0 Å². The van der Waals surface area contributed by atoms with Gasteiger partial charge in [-0.3, -0.25) is 0 Å². The lowest BCUT2D eigenvalue weighted by atomic mass is 10.1. The molecule has 116 valence electrons. The van der Waals surface area contributed by atoms with Gasteiger partial charge in [0.1, 0.15) is 0 Å². The highest BCUT2D eigenvalue weighted by Crippen LogP contribution is 2.22. The van der Waals surface area contributed by atoms with Gasteiger partial charge in [-0.25, -0.2) is 8.42 Å². The number of nitrogens with zero attached hydrogens (tertiary/aromatic N) is 2. The minimum Gasteiger partial charge on any atom is -0.313 e. The van der Waals surface area contributed by atoms with Crippen molar-refractivity contribution in [1.82, 2.24) is 9.62 Å². The maximum atomic E-state index is 12.6. The summed E-state index contributed by atoms with van der Waals surface area (Å²) >= 11 is 0. The standard InChI is InChI=1S/C15H23N3O2S/c1-4-15(17-3)13-8-6-9-14(12-13)21(19,20)18(5-2)11-7-10-16/h6,8-9,12,15,17H,4-5,7,11H2,1-3H3. The molecule has 6 heteroatoms. The molecule has 0 aliphatic rings. The van der Waals surface area contributed by atoms with Crippen molar-refractivity contribution in [3.05, 3.63) is 29.8 Å². The van der Waals surface area contributed by atoms with Gasteiger partial charge in [-0.15, -0.1) is 0 Å². The summed E-state index contributed by atoms with van der Waals surface area (Å²) < 4.78 is 26.6. The molecule has 0 spiro atoms. The first-order chi connectivity index (χ1) is 10.0. The zero-order valence-corrected chi connectivity index (χ0v) is 13.7. The van der Waals surface area contributed by atoms with E-state index in [1.165, 1.54) is 4.31 Å². The summed E-state index contributed by atoms with van der Waals surface area (Å²) in [6.07, 6.45) is 1.08. The molecule has 0 aliphatic heterocycles. The van der Waals surface area contributed by atoms with E-state index in [-0.39, 0.29) is 23.9 Å². The van der Waals surface area contributed by atoms with Crippen molar-refractivity contribution in [2.45, 2.75) is 37.6 Å². The summed E-state index contributed by atoms with van der Waals surface area (Å²) in [7, 11) is -1.68.